The molecule has 22 heavy (non-hydrogen) atoms. The zero-order chi connectivity index (χ0) is 16.4. The van der Waals surface area contributed by atoms with Gasteiger partial charge in [0, 0.05) is 39.9 Å². The molecule has 1 fully saturated rings. The van der Waals surface area contributed by atoms with Crippen LogP contribution in [0.5, 0.6) is 0 Å². The minimum absolute atomic E-state index is 0.226. The Kier molecular flexibility index (Phi) is 8.55. The van der Waals surface area contributed by atoms with E-state index >= 15 is 0 Å². The summed E-state index contributed by atoms with van der Waals surface area (Å²) in [6.45, 7) is 4.94. The van der Waals surface area contributed by atoms with Crippen molar-refractivity contribution in [2.24, 2.45) is 10.9 Å². The van der Waals surface area contributed by atoms with Gasteiger partial charge in [-0.2, -0.15) is 13.2 Å². The Labute approximate surface area is 130 Å². The molecule has 0 saturated carbocycles. The van der Waals surface area contributed by atoms with Gasteiger partial charge in [0.1, 0.15) is 0 Å². The van der Waals surface area contributed by atoms with E-state index in [4.69, 9.17) is 4.74 Å². The summed E-state index contributed by atoms with van der Waals surface area (Å²) < 4.78 is 42.2. The van der Waals surface area contributed by atoms with Gasteiger partial charge in [0.25, 0.3) is 0 Å². The topological polar surface area (TPSA) is 48.9 Å². The summed E-state index contributed by atoms with van der Waals surface area (Å²) in [5.41, 5.74) is 0. The monoisotopic (exact) mass is 324 g/mol. The average Bonchev–Trinajstić information content (AvgIpc) is 2.87. The Morgan fingerprint density at radius 2 is 2.14 bits per heavy atom. The first-order valence-corrected chi connectivity index (χ1v) is 7.76. The van der Waals surface area contributed by atoms with E-state index in [2.05, 4.69) is 15.6 Å². The second-order valence-electron chi connectivity index (χ2n) is 5.44. The molecule has 0 spiro atoms. The molecule has 0 aromatic carbocycles. The number of likely N-dealkylation sites (tertiary alicyclic amines) is 1. The third-order valence-electron chi connectivity index (χ3n) is 3.52. The standard InChI is InChI=1S/C14H27F3N4O/c1-3-22-8-4-6-19-13(18-2)20-9-12-5-7-21(10-12)11-14(15,16)17/h12H,3-11H2,1-2H3,(H2,18,19,20). The van der Waals surface area contributed by atoms with Gasteiger partial charge in [-0.25, -0.2) is 0 Å². The molecule has 2 N–H and O–H groups in total. The quantitative estimate of drug-likeness (QED) is 0.403. The lowest BCUT2D eigenvalue weighted by atomic mass is 10.1. The maximum absolute atomic E-state index is 12.3. The van der Waals surface area contributed by atoms with E-state index in [1.54, 1.807) is 7.05 Å². The van der Waals surface area contributed by atoms with E-state index in [0.717, 1.165) is 19.4 Å². The van der Waals surface area contributed by atoms with Crippen LogP contribution >= 0.6 is 0 Å². The summed E-state index contributed by atoms with van der Waals surface area (Å²) in [6.07, 6.45) is -2.44. The Bertz CT molecular complexity index is 337. The SMILES string of the molecule is CCOCCCNC(=NC)NCC1CCN(CC(F)(F)F)C1. The Morgan fingerprint density at radius 3 is 2.77 bits per heavy atom. The van der Waals surface area contributed by atoms with E-state index in [9.17, 15) is 13.2 Å². The molecule has 0 bridgehead atoms. The van der Waals surface area contributed by atoms with Crippen LogP contribution in [-0.4, -0.2) is 70.0 Å². The number of nitrogens with one attached hydrogen (secondary N) is 2. The number of halogens is 3. The zero-order valence-corrected chi connectivity index (χ0v) is 13.4. The lowest BCUT2D eigenvalue weighted by Crippen LogP contribution is -2.41. The number of rotatable bonds is 8. The van der Waals surface area contributed by atoms with Gasteiger partial charge in [-0.1, -0.05) is 0 Å². The molecule has 0 radical (unpaired) electrons. The molecule has 5 nitrogen and oxygen atoms in total. The summed E-state index contributed by atoms with van der Waals surface area (Å²) >= 11 is 0. The van der Waals surface area contributed by atoms with Crippen molar-refractivity contribution in [2.45, 2.75) is 25.9 Å². The minimum Gasteiger partial charge on any atom is -0.382 e. The number of hydrogen-bond donors (Lipinski definition) is 2. The molecule has 0 aromatic heterocycles. The van der Waals surface area contributed by atoms with E-state index in [1.165, 1.54) is 4.90 Å². The van der Waals surface area contributed by atoms with Crippen LogP contribution in [0.15, 0.2) is 4.99 Å². The van der Waals surface area contributed by atoms with Crippen LogP contribution in [0, 0.1) is 5.92 Å². The predicted octanol–water partition coefficient (Wildman–Crippen LogP) is 1.46. The van der Waals surface area contributed by atoms with Gasteiger partial charge in [0.2, 0.25) is 0 Å². The molecule has 1 aliphatic heterocycles. The van der Waals surface area contributed by atoms with Gasteiger partial charge in [0.15, 0.2) is 5.96 Å². The minimum atomic E-state index is -4.11. The van der Waals surface area contributed by atoms with Gasteiger partial charge in [-0.05, 0) is 32.2 Å². The molecule has 8 heteroatoms. The largest absolute Gasteiger partial charge is 0.401 e. The molecule has 0 aromatic rings. The second-order valence-corrected chi connectivity index (χ2v) is 5.44. The maximum Gasteiger partial charge on any atom is 0.401 e. The van der Waals surface area contributed by atoms with Crippen LogP contribution in [0.2, 0.25) is 0 Å². The lowest BCUT2D eigenvalue weighted by Gasteiger charge is -2.18. The van der Waals surface area contributed by atoms with Gasteiger partial charge in [-0.15, -0.1) is 0 Å². The van der Waals surface area contributed by atoms with E-state index in [1.807, 2.05) is 6.92 Å². The van der Waals surface area contributed by atoms with Crippen molar-refractivity contribution in [1.29, 1.82) is 0 Å². The van der Waals surface area contributed by atoms with Crippen molar-refractivity contribution >= 4 is 5.96 Å². The highest BCUT2D eigenvalue weighted by Gasteiger charge is 2.34. The maximum atomic E-state index is 12.3. The molecule has 1 rings (SSSR count). The van der Waals surface area contributed by atoms with Crippen LogP contribution in [0.25, 0.3) is 0 Å². The van der Waals surface area contributed by atoms with E-state index < -0.39 is 12.7 Å². The van der Waals surface area contributed by atoms with Gasteiger partial charge >= 0.3 is 6.18 Å². The summed E-state index contributed by atoms with van der Waals surface area (Å²) in [5, 5.41) is 6.34. The first-order valence-electron chi connectivity index (χ1n) is 7.76. The van der Waals surface area contributed by atoms with Crippen molar-refractivity contribution in [3.8, 4) is 0 Å². The smallest absolute Gasteiger partial charge is 0.382 e. The highest BCUT2D eigenvalue weighted by atomic mass is 19.4. The van der Waals surface area contributed by atoms with Crippen molar-refractivity contribution in [1.82, 2.24) is 15.5 Å². The summed E-state index contributed by atoms with van der Waals surface area (Å²) in [7, 11) is 1.68. The fourth-order valence-electron chi connectivity index (χ4n) is 2.46. The van der Waals surface area contributed by atoms with Crippen molar-refractivity contribution in [3.63, 3.8) is 0 Å². The number of aliphatic imine (C=N–C) groups is 1. The molecule has 1 aliphatic rings. The number of nitrogens with zero attached hydrogens (tertiary/aromatic N) is 2. The molecule has 1 atom stereocenters. The molecule has 1 saturated heterocycles. The van der Waals surface area contributed by atoms with Crippen molar-refractivity contribution < 1.29 is 17.9 Å². The first-order chi connectivity index (χ1) is 10.4. The third kappa shape index (κ3) is 8.43. The predicted molar refractivity (Wildman–Crippen MR) is 81.1 cm³/mol. The summed E-state index contributed by atoms with van der Waals surface area (Å²) in [6, 6.07) is 0. The Balaban J connectivity index is 2.16. The summed E-state index contributed by atoms with van der Waals surface area (Å²) in [5.74, 6) is 0.912. The third-order valence-corrected chi connectivity index (χ3v) is 3.52. The molecule has 0 amide bonds. The van der Waals surface area contributed by atoms with Crippen LogP contribution in [0.4, 0.5) is 13.2 Å². The van der Waals surface area contributed by atoms with E-state index in [0.29, 0.717) is 38.8 Å². The molecular weight excluding hydrogens is 297 g/mol. The highest BCUT2D eigenvalue weighted by Crippen LogP contribution is 2.22. The van der Waals surface area contributed by atoms with Crippen LogP contribution < -0.4 is 10.6 Å². The number of hydrogen-bond acceptors (Lipinski definition) is 3. The number of ether oxygens (including phenoxy) is 1. The molecule has 0 aliphatic carbocycles. The summed E-state index contributed by atoms with van der Waals surface area (Å²) in [4.78, 5) is 5.57. The Morgan fingerprint density at radius 1 is 1.36 bits per heavy atom. The average molecular weight is 324 g/mol. The lowest BCUT2D eigenvalue weighted by molar-refractivity contribution is -0.143. The van der Waals surface area contributed by atoms with Gasteiger partial charge in [-0.3, -0.25) is 9.89 Å². The van der Waals surface area contributed by atoms with Crippen molar-refractivity contribution in [2.75, 3.05) is 53.0 Å². The highest BCUT2D eigenvalue weighted by molar-refractivity contribution is 5.79. The van der Waals surface area contributed by atoms with Gasteiger partial charge < -0.3 is 15.4 Å². The number of guanidine groups is 1. The van der Waals surface area contributed by atoms with Crippen LogP contribution in [0.3, 0.4) is 0 Å². The van der Waals surface area contributed by atoms with E-state index in [-0.39, 0.29) is 5.92 Å². The van der Waals surface area contributed by atoms with Crippen LogP contribution in [-0.2, 0) is 4.74 Å². The normalized spacial score (nSPS) is 20.4. The number of alkyl halides is 3. The molecule has 130 valence electrons. The first kappa shape index (κ1) is 19.0. The van der Waals surface area contributed by atoms with Gasteiger partial charge in [0.05, 0.1) is 6.54 Å². The second kappa shape index (κ2) is 9.89. The zero-order valence-electron chi connectivity index (χ0n) is 13.4. The molecular formula is C14H27F3N4O. The molecule has 1 unspecified atom stereocenters. The fourth-order valence-corrected chi connectivity index (χ4v) is 2.46. The van der Waals surface area contributed by atoms with Crippen molar-refractivity contribution in [3.05, 3.63) is 0 Å². The van der Waals surface area contributed by atoms with Crippen LogP contribution in [0.1, 0.15) is 19.8 Å². The molecule has 1 heterocycles. The fraction of sp³-hybridized carbons (Fsp3) is 0.929. The Hall–Kier alpha value is -1.02.